The van der Waals surface area contributed by atoms with Crippen molar-refractivity contribution in [2.45, 2.75) is 29.7 Å². The fourth-order valence-corrected chi connectivity index (χ4v) is 5.72. The van der Waals surface area contributed by atoms with Gasteiger partial charge in [0.25, 0.3) is 5.22 Å². The summed E-state index contributed by atoms with van der Waals surface area (Å²) in [7, 11) is -3.55. The number of hydrogen-bond acceptors (Lipinski definition) is 6. The maximum atomic E-state index is 12.8. The first kappa shape index (κ1) is 21.5. The Hall–Kier alpha value is -2.68. The van der Waals surface area contributed by atoms with Crippen molar-refractivity contribution in [1.29, 1.82) is 0 Å². The summed E-state index contributed by atoms with van der Waals surface area (Å²) in [6, 6.07) is 21.1. The molecule has 1 heterocycles. The summed E-state index contributed by atoms with van der Waals surface area (Å²) in [6.07, 6.45) is 0. The first-order chi connectivity index (χ1) is 15.0. The number of thioether (sulfide) groups is 1. The quantitative estimate of drug-likeness (QED) is 0.341. The van der Waals surface area contributed by atoms with Crippen LogP contribution in [0.25, 0.3) is 22.2 Å². The fourth-order valence-electron chi connectivity index (χ4n) is 3.44. The summed E-state index contributed by atoms with van der Waals surface area (Å²) < 4.78 is 32.8. The minimum Gasteiger partial charge on any atom is -0.411 e. The van der Waals surface area contributed by atoms with E-state index in [1.165, 1.54) is 32.4 Å². The smallest absolute Gasteiger partial charge is 0.277 e. The van der Waals surface area contributed by atoms with Crippen molar-refractivity contribution in [2.75, 3.05) is 13.1 Å². The third kappa shape index (κ3) is 4.51. The van der Waals surface area contributed by atoms with Crippen LogP contribution in [0.4, 0.5) is 0 Å². The predicted octanol–water partition coefficient (Wildman–Crippen LogP) is 5.21. The Morgan fingerprint density at radius 3 is 2.48 bits per heavy atom. The van der Waals surface area contributed by atoms with E-state index < -0.39 is 10.0 Å². The summed E-state index contributed by atoms with van der Waals surface area (Å²) in [6.45, 7) is 4.47. The lowest BCUT2D eigenvalue weighted by Gasteiger charge is -2.18. The molecule has 31 heavy (non-hydrogen) atoms. The molecule has 4 rings (SSSR count). The highest BCUT2D eigenvalue weighted by Crippen LogP contribution is 2.29. The van der Waals surface area contributed by atoms with Gasteiger partial charge in [0.05, 0.1) is 4.90 Å². The van der Waals surface area contributed by atoms with Gasteiger partial charge >= 0.3 is 0 Å². The van der Waals surface area contributed by atoms with Gasteiger partial charge in [0.1, 0.15) is 0 Å². The highest BCUT2D eigenvalue weighted by atomic mass is 32.2. The van der Waals surface area contributed by atoms with Gasteiger partial charge in [-0.25, -0.2) is 8.42 Å². The largest absolute Gasteiger partial charge is 0.411 e. The molecule has 0 atom stereocenters. The molecular formula is C23H23N3O3S2. The summed E-state index contributed by atoms with van der Waals surface area (Å²) in [5, 5.41) is 11.1. The number of rotatable bonds is 8. The third-order valence-electron chi connectivity index (χ3n) is 5.06. The molecule has 0 saturated carbocycles. The van der Waals surface area contributed by atoms with Crippen LogP contribution in [0.1, 0.15) is 19.4 Å². The molecule has 4 aromatic rings. The normalized spacial score (nSPS) is 12.0. The Morgan fingerprint density at radius 1 is 0.935 bits per heavy atom. The van der Waals surface area contributed by atoms with E-state index in [9.17, 15) is 8.42 Å². The Balaban J connectivity index is 1.54. The molecular weight excluding hydrogens is 430 g/mol. The van der Waals surface area contributed by atoms with Crippen LogP contribution in [0.15, 0.2) is 81.3 Å². The average molecular weight is 454 g/mol. The van der Waals surface area contributed by atoms with Crippen molar-refractivity contribution >= 4 is 32.6 Å². The highest BCUT2D eigenvalue weighted by Gasteiger charge is 2.22. The number of fused-ring (bicyclic) bond motifs is 1. The van der Waals surface area contributed by atoms with Crippen LogP contribution in [0.5, 0.6) is 0 Å². The van der Waals surface area contributed by atoms with Gasteiger partial charge in [0.2, 0.25) is 15.9 Å². The molecule has 0 N–H and O–H groups in total. The Bertz CT molecular complexity index is 1290. The molecule has 8 heteroatoms. The lowest BCUT2D eigenvalue weighted by Crippen LogP contribution is -2.30. The zero-order valence-electron chi connectivity index (χ0n) is 17.4. The maximum absolute atomic E-state index is 12.8. The summed E-state index contributed by atoms with van der Waals surface area (Å²) in [5.41, 5.74) is 1.77. The number of sulfonamides is 1. The van der Waals surface area contributed by atoms with Gasteiger partial charge in [0, 0.05) is 24.4 Å². The van der Waals surface area contributed by atoms with Crippen LogP contribution in [-0.2, 0) is 15.8 Å². The zero-order valence-corrected chi connectivity index (χ0v) is 19.0. The molecule has 3 aromatic carbocycles. The average Bonchev–Trinajstić information content (AvgIpc) is 3.27. The van der Waals surface area contributed by atoms with Crippen molar-refractivity contribution in [3.05, 3.63) is 72.3 Å². The topological polar surface area (TPSA) is 76.3 Å². The highest BCUT2D eigenvalue weighted by molar-refractivity contribution is 7.98. The molecule has 0 radical (unpaired) electrons. The Morgan fingerprint density at radius 2 is 1.68 bits per heavy atom. The van der Waals surface area contributed by atoms with Crippen molar-refractivity contribution in [2.24, 2.45) is 0 Å². The fraction of sp³-hybridized carbons (Fsp3) is 0.217. The monoisotopic (exact) mass is 453 g/mol. The van der Waals surface area contributed by atoms with E-state index in [2.05, 4.69) is 34.5 Å². The lowest BCUT2D eigenvalue weighted by molar-refractivity contribution is 0.445. The van der Waals surface area contributed by atoms with E-state index in [1.54, 1.807) is 24.3 Å². The molecule has 0 aliphatic rings. The van der Waals surface area contributed by atoms with E-state index in [-0.39, 0.29) is 4.90 Å². The summed E-state index contributed by atoms with van der Waals surface area (Å²) in [5.74, 6) is 0.997. The summed E-state index contributed by atoms with van der Waals surface area (Å²) >= 11 is 1.46. The summed E-state index contributed by atoms with van der Waals surface area (Å²) in [4.78, 5) is 0.219. The van der Waals surface area contributed by atoms with Gasteiger partial charge in [0.15, 0.2) is 0 Å². The van der Waals surface area contributed by atoms with E-state index in [4.69, 9.17) is 4.42 Å². The van der Waals surface area contributed by atoms with Gasteiger partial charge in [-0.3, -0.25) is 0 Å². The minimum absolute atomic E-state index is 0.219. The van der Waals surface area contributed by atoms with Crippen LogP contribution >= 0.6 is 11.8 Å². The van der Waals surface area contributed by atoms with Gasteiger partial charge in [-0.2, -0.15) is 4.31 Å². The molecule has 0 spiro atoms. The number of hydrogen-bond donors (Lipinski definition) is 0. The molecule has 0 saturated heterocycles. The van der Waals surface area contributed by atoms with Crippen LogP contribution in [0, 0.1) is 0 Å². The van der Waals surface area contributed by atoms with Crippen molar-refractivity contribution in [1.82, 2.24) is 14.5 Å². The maximum Gasteiger partial charge on any atom is 0.277 e. The molecule has 0 fully saturated rings. The molecule has 1 aromatic heterocycles. The third-order valence-corrected chi connectivity index (χ3v) is 7.97. The molecule has 0 amide bonds. The van der Waals surface area contributed by atoms with Crippen LogP contribution in [0.3, 0.4) is 0 Å². The van der Waals surface area contributed by atoms with E-state index in [0.29, 0.717) is 35.5 Å². The van der Waals surface area contributed by atoms with Gasteiger partial charge in [-0.15, -0.1) is 10.2 Å². The van der Waals surface area contributed by atoms with Gasteiger partial charge in [-0.05, 0) is 34.5 Å². The van der Waals surface area contributed by atoms with E-state index >= 15 is 0 Å². The zero-order chi connectivity index (χ0) is 21.8. The molecule has 160 valence electrons. The first-order valence-corrected chi connectivity index (χ1v) is 12.5. The van der Waals surface area contributed by atoms with Crippen molar-refractivity contribution in [3.8, 4) is 11.5 Å². The standard InChI is InChI=1S/C23H23N3O3S2/c1-3-26(4-2)31(27,28)20-13-8-11-18(15-20)22-24-25-23(29-22)30-16-19-12-7-10-17-9-5-6-14-21(17)19/h5-15H,3-4,16H2,1-2H3. The Kier molecular flexibility index (Phi) is 6.41. The lowest BCUT2D eigenvalue weighted by atomic mass is 10.1. The molecule has 0 unspecified atom stereocenters. The molecule has 0 aliphatic carbocycles. The predicted molar refractivity (Wildman–Crippen MR) is 123 cm³/mol. The number of nitrogens with zero attached hydrogens (tertiary/aromatic N) is 3. The van der Waals surface area contributed by atoms with Crippen LogP contribution in [0.2, 0.25) is 0 Å². The second-order valence-electron chi connectivity index (χ2n) is 6.92. The minimum atomic E-state index is -3.55. The first-order valence-electron chi connectivity index (χ1n) is 10.1. The van der Waals surface area contributed by atoms with Crippen molar-refractivity contribution < 1.29 is 12.8 Å². The molecule has 6 nitrogen and oxygen atoms in total. The second-order valence-corrected chi connectivity index (χ2v) is 9.78. The van der Waals surface area contributed by atoms with Gasteiger partial charge < -0.3 is 4.42 Å². The van der Waals surface area contributed by atoms with E-state index in [0.717, 1.165) is 0 Å². The van der Waals surface area contributed by atoms with Crippen LogP contribution < -0.4 is 0 Å². The van der Waals surface area contributed by atoms with Crippen LogP contribution in [-0.4, -0.2) is 36.0 Å². The number of benzene rings is 3. The van der Waals surface area contributed by atoms with Crippen molar-refractivity contribution in [3.63, 3.8) is 0 Å². The Labute approximate surface area is 186 Å². The second kappa shape index (κ2) is 9.21. The van der Waals surface area contributed by atoms with E-state index in [1.807, 2.05) is 32.0 Å². The SMILES string of the molecule is CCN(CC)S(=O)(=O)c1cccc(-c2nnc(SCc3cccc4ccccc34)o2)c1. The van der Waals surface area contributed by atoms with Gasteiger partial charge in [-0.1, -0.05) is 74.1 Å². The molecule has 0 bridgehead atoms. The number of aromatic nitrogens is 2. The molecule has 0 aliphatic heterocycles.